The third kappa shape index (κ3) is 2.68. The third-order valence-corrected chi connectivity index (χ3v) is 2.52. The van der Waals surface area contributed by atoms with E-state index in [0.717, 1.165) is 5.56 Å². The number of carbonyl (C=O) groups excluding carboxylic acids is 1. The first-order valence-corrected chi connectivity index (χ1v) is 5.51. The number of hydrogen-bond acceptors (Lipinski definition) is 5. The van der Waals surface area contributed by atoms with Gasteiger partial charge in [-0.1, -0.05) is 6.07 Å². The highest BCUT2D eigenvalue weighted by molar-refractivity contribution is 5.70. The van der Waals surface area contributed by atoms with Gasteiger partial charge in [0.1, 0.15) is 0 Å². The first kappa shape index (κ1) is 11.7. The highest BCUT2D eigenvalue weighted by atomic mass is 16.7. The highest BCUT2D eigenvalue weighted by Gasteiger charge is 2.18. The molecule has 1 atom stereocenters. The zero-order valence-corrected chi connectivity index (χ0v) is 9.64. The molecule has 1 aromatic carbocycles. The fraction of sp³-hybridized carbons (Fsp3) is 0.417. The maximum Gasteiger partial charge on any atom is 0.307 e. The van der Waals surface area contributed by atoms with Gasteiger partial charge in [-0.15, -0.1) is 0 Å². The van der Waals surface area contributed by atoms with Gasteiger partial charge in [0.25, 0.3) is 0 Å². The van der Waals surface area contributed by atoms with Crippen molar-refractivity contribution >= 4 is 5.97 Å². The van der Waals surface area contributed by atoms with Crippen molar-refractivity contribution < 1.29 is 19.0 Å². The molecule has 0 spiro atoms. The number of fused-ring (bicyclic) bond motifs is 1. The Kier molecular flexibility index (Phi) is 3.49. The average molecular weight is 237 g/mol. The second-order valence-electron chi connectivity index (χ2n) is 3.73. The SMILES string of the molecule is CCOC(=O)C[C@H](N)c1ccc2c(c1)OCO2. The first-order valence-electron chi connectivity index (χ1n) is 5.51. The predicted molar refractivity (Wildman–Crippen MR) is 60.7 cm³/mol. The third-order valence-electron chi connectivity index (χ3n) is 2.52. The summed E-state index contributed by atoms with van der Waals surface area (Å²) in [6.07, 6.45) is 0.160. The van der Waals surface area contributed by atoms with Gasteiger partial charge < -0.3 is 19.9 Å². The van der Waals surface area contributed by atoms with Crippen molar-refractivity contribution in [1.82, 2.24) is 0 Å². The lowest BCUT2D eigenvalue weighted by Gasteiger charge is -2.11. The molecule has 0 radical (unpaired) electrons. The van der Waals surface area contributed by atoms with Crippen LogP contribution in [0.15, 0.2) is 18.2 Å². The average Bonchev–Trinajstić information content (AvgIpc) is 2.75. The zero-order chi connectivity index (χ0) is 12.3. The van der Waals surface area contributed by atoms with E-state index in [1.54, 1.807) is 19.1 Å². The Labute approximate surface area is 99.5 Å². The summed E-state index contributed by atoms with van der Waals surface area (Å²) < 4.78 is 15.3. The number of esters is 1. The van der Waals surface area contributed by atoms with Gasteiger partial charge in [-0.05, 0) is 24.6 Å². The van der Waals surface area contributed by atoms with E-state index < -0.39 is 0 Å². The summed E-state index contributed by atoms with van der Waals surface area (Å²) in [5.41, 5.74) is 6.76. The maximum absolute atomic E-state index is 11.3. The molecule has 17 heavy (non-hydrogen) atoms. The van der Waals surface area contributed by atoms with E-state index in [1.807, 2.05) is 6.07 Å². The molecule has 0 unspecified atom stereocenters. The van der Waals surface area contributed by atoms with Crippen molar-refractivity contribution in [1.29, 1.82) is 0 Å². The van der Waals surface area contributed by atoms with Crippen molar-refractivity contribution in [3.05, 3.63) is 23.8 Å². The van der Waals surface area contributed by atoms with Crippen molar-refractivity contribution in [3.8, 4) is 11.5 Å². The summed E-state index contributed by atoms with van der Waals surface area (Å²) in [5.74, 6) is 1.08. The molecule has 5 nitrogen and oxygen atoms in total. The second-order valence-corrected chi connectivity index (χ2v) is 3.73. The van der Waals surface area contributed by atoms with E-state index in [1.165, 1.54) is 0 Å². The van der Waals surface area contributed by atoms with Crippen LogP contribution in [0.5, 0.6) is 11.5 Å². The van der Waals surface area contributed by atoms with E-state index in [0.29, 0.717) is 18.1 Å². The Bertz CT molecular complexity index is 419. The van der Waals surface area contributed by atoms with E-state index in [-0.39, 0.29) is 25.2 Å². The molecule has 0 bridgehead atoms. The van der Waals surface area contributed by atoms with Gasteiger partial charge in [-0.25, -0.2) is 0 Å². The Morgan fingerprint density at radius 3 is 3.00 bits per heavy atom. The van der Waals surface area contributed by atoms with Crippen LogP contribution >= 0.6 is 0 Å². The van der Waals surface area contributed by atoms with Crippen LogP contribution in [0.1, 0.15) is 24.9 Å². The van der Waals surface area contributed by atoms with Crippen molar-refractivity contribution in [2.45, 2.75) is 19.4 Å². The van der Waals surface area contributed by atoms with Gasteiger partial charge in [0.15, 0.2) is 11.5 Å². The van der Waals surface area contributed by atoms with Crippen LogP contribution in [0.2, 0.25) is 0 Å². The minimum atomic E-state index is -0.386. The molecule has 1 aliphatic heterocycles. The van der Waals surface area contributed by atoms with Crippen LogP contribution in [0.4, 0.5) is 0 Å². The first-order chi connectivity index (χ1) is 8.20. The number of benzene rings is 1. The zero-order valence-electron chi connectivity index (χ0n) is 9.64. The smallest absolute Gasteiger partial charge is 0.307 e. The molecule has 1 aliphatic rings. The number of ether oxygens (including phenoxy) is 3. The van der Waals surface area contributed by atoms with Gasteiger partial charge in [0, 0.05) is 6.04 Å². The van der Waals surface area contributed by atoms with Gasteiger partial charge in [-0.2, -0.15) is 0 Å². The largest absolute Gasteiger partial charge is 0.466 e. The van der Waals surface area contributed by atoms with Crippen LogP contribution in [-0.2, 0) is 9.53 Å². The number of nitrogens with two attached hydrogens (primary N) is 1. The summed E-state index contributed by atoms with van der Waals surface area (Å²) in [7, 11) is 0. The van der Waals surface area contributed by atoms with Gasteiger partial charge >= 0.3 is 5.97 Å². The second kappa shape index (κ2) is 5.05. The molecule has 0 saturated carbocycles. The van der Waals surface area contributed by atoms with Crippen LogP contribution in [-0.4, -0.2) is 19.4 Å². The Hall–Kier alpha value is -1.75. The predicted octanol–water partition coefficient (Wildman–Crippen LogP) is 1.37. The summed E-state index contributed by atoms with van der Waals surface area (Å²) in [6, 6.07) is 5.04. The lowest BCUT2D eigenvalue weighted by molar-refractivity contribution is -0.143. The number of rotatable bonds is 4. The van der Waals surface area contributed by atoms with Gasteiger partial charge in [-0.3, -0.25) is 4.79 Å². The normalized spacial score (nSPS) is 14.5. The van der Waals surface area contributed by atoms with E-state index >= 15 is 0 Å². The van der Waals surface area contributed by atoms with Gasteiger partial charge in [0.05, 0.1) is 13.0 Å². The van der Waals surface area contributed by atoms with Crippen LogP contribution in [0.25, 0.3) is 0 Å². The molecule has 0 aliphatic carbocycles. The lowest BCUT2D eigenvalue weighted by Crippen LogP contribution is -2.17. The standard InChI is InChI=1S/C12H15NO4/c1-2-15-12(14)6-9(13)8-3-4-10-11(5-8)17-7-16-10/h3-5,9H,2,6-7,13H2,1H3/t9-/m0/s1. The summed E-state index contributed by atoms with van der Waals surface area (Å²) >= 11 is 0. The molecular formula is C12H15NO4. The van der Waals surface area contributed by atoms with E-state index in [9.17, 15) is 4.79 Å². The fourth-order valence-corrected chi connectivity index (χ4v) is 1.66. The Morgan fingerprint density at radius 2 is 2.24 bits per heavy atom. The Morgan fingerprint density at radius 1 is 1.47 bits per heavy atom. The number of carbonyl (C=O) groups is 1. The van der Waals surface area contributed by atoms with E-state index in [2.05, 4.69) is 0 Å². The Balaban J connectivity index is 2.04. The summed E-state index contributed by atoms with van der Waals surface area (Å²) in [4.78, 5) is 11.3. The van der Waals surface area contributed by atoms with Crippen LogP contribution in [0.3, 0.4) is 0 Å². The monoisotopic (exact) mass is 237 g/mol. The molecule has 2 N–H and O–H groups in total. The lowest BCUT2D eigenvalue weighted by atomic mass is 10.0. The van der Waals surface area contributed by atoms with Crippen molar-refractivity contribution in [3.63, 3.8) is 0 Å². The molecule has 1 aromatic rings. The maximum atomic E-state index is 11.3. The molecule has 5 heteroatoms. The molecule has 0 fully saturated rings. The minimum Gasteiger partial charge on any atom is -0.466 e. The summed E-state index contributed by atoms with van der Waals surface area (Å²) in [5, 5.41) is 0. The molecule has 0 saturated heterocycles. The van der Waals surface area contributed by atoms with Crippen molar-refractivity contribution in [2.24, 2.45) is 5.73 Å². The quantitative estimate of drug-likeness (QED) is 0.801. The molecule has 92 valence electrons. The van der Waals surface area contributed by atoms with Crippen LogP contribution in [0, 0.1) is 0 Å². The molecule has 0 amide bonds. The molecular weight excluding hydrogens is 222 g/mol. The van der Waals surface area contributed by atoms with E-state index in [4.69, 9.17) is 19.9 Å². The number of hydrogen-bond donors (Lipinski definition) is 1. The fourth-order valence-electron chi connectivity index (χ4n) is 1.66. The topological polar surface area (TPSA) is 70.8 Å². The minimum absolute atomic E-state index is 0.160. The molecule has 1 heterocycles. The van der Waals surface area contributed by atoms with Crippen LogP contribution < -0.4 is 15.2 Å². The summed E-state index contributed by atoms with van der Waals surface area (Å²) in [6.45, 7) is 2.36. The highest BCUT2D eigenvalue weighted by Crippen LogP contribution is 2.34. The van der Waals surface area contributed by atoms with Gasteiger partial charge in [0.2, 0.25) is 6.79 Å². The molecule has 2 rings (SSSR count). The van der Waals surface area contributed by atoms with Crippen molar-refractivity contribution in [2.75, 3.05) is 13.4 Å². The molecule has 0 aromatic heterocycles.